The van der Waals surface area contributed by atoms with Crippen molar-refractivity contribution >= 4 is 20.9 Å². The Kier molecular flexibility index (Phi) is 1.64. The van der Waals surface area contributed by atoms with E-state index in [9.17, 15) is 8.42 Å². The van der Waals surface area contributed by atoms with Crippen LogP contribution in [-0.2, 0) is 10.1 Å². The summed E-state index contributed by atoms with van der Waals surface area (Å²) in [4.78, 5) is 2.52. The lowest BCUT2D eigenvalue weighted by Gasteiger charge is -1.92. The van der Waals surface area contributed by atoms with Gasteiger partial charge in [-0.25, -0.2) is 0 Å². The van der Waals surface area contributed by atoms with Gasteiger partial charge in [-0.1, -0.05) is 24.3 Å². The average Bonchev–Trinajstić information content (AvgIpc) is 2.45. The maximum Gasteiger partial charge on any atom is 0.310 e. The van der Waals surface area contributed by atoms with Crippen molar-refractivity contribution < 1.29 is 13.0 Å². The van der Waals surface area contributed by atoms with E-state index < -0.39 is 10.1 Å². The predicted octanol–water partition coefficient (Wildman–Crippen LogP) is 1.41. The first-order valence-electron chi connectivity index (χ1n) is 3.62. The molecule has 0 aliphatic carbocycles. The largest absolute Gasteiger partial charge is 0.349 e. The second kappa shape index (κ2) is 2.58. The molecule has 4 nitrogen and oxygen atoms in total. The van der Waals surface area contributed by atoms with Gasteiger partial charge >= 0.3 is 10.1 Å². The number of hydrogen-bond donors (Lipinski definition) is 2. The Morgan fingerprint density at radius 2 is 1.92 bits per heavy atom. The lowest BCUT2D eigenvalue weighted by atomic mass is 10.2. The van der Waals surface area contributed by atoms with Gasteiger partial charge in [0.2, 0.25) is 0 Å². The molecule has 13 heavy (non-hydrogen) atoms. The molecule has 2 N–H and O–H groups in total. The van der Waals surface area contributed by atoms with Crippen molar-refractivity contribution in [1.29, 1.82) is 0 Å². The molecule has 0 radical (unpaired) electrons. The maximum absolute atomic E-state index is 10.8. The summed E-state index contributed by atoms with van der Waals surface area (Å²) in [5.41, 5.74) is 0. The van der Waals surface area contributed by atoms with E-state index in [0.717, 1.165) is 5.39 Å². The Bertz CT molecular complexity index is 541. The summed E-state index contributed by atoms with van der Waals surface area (Å²) in [6.45, 7) is 0. The normalized spacial score (nSPS) is 12.1. The van der Waals surface area contributed by atoms with E-state index in [0.29, 0.717) is 5.39 Å². The molecule has 0 saturated heterocycles. The number of nitrogens with one attached hydrogen (secondary N) is 1. The summed E-state index contributed by atoms with van der Waals surface area (Å²) in [6.07, 6.45) is 1.54. The van der Waals surface area contributed by atoms with E-state index in [2.05, 4.69) is 4.98 Å². The summed E-state index contributed by atoms with van der Waals surface area (Å²) < 4.78 is 30.5. The molecule has 0 unspecified atom stereocenters. The SMILES string of the molecule is O=S(=O)(O)c1[nH]cc2ccccc12. The molecule has 1 aromatic carbocycles. The average molecular weight is 197 g/mol. The standard InChI is InChI=1S/C8H7NO3S/c10-13(11,12)8-7-4-2-1-3-6(7)5-9-8/h1-5,9H,(H,10,11,12). The van der Waals surface area contributed by atoms with Gasteiger partial charge in [-0.2, -0.15) is 8.42 Å². The van der Waals surface area contributed by atoms with Crippen LogP contribution in [0.1, 0.15) is 0 Å². The van der Waals surface area contributed by atoms with Crippen molar-refractivity contribution in [2.45, 2.75) is 5.03 Å². The molecule has 0 saturated carbocycles. The fourth-order valence-corrected chi connectivity index (χ4v) is 1.94. The zero-order chi connectivity index (χ0) is 9.47. The summed E-state index contributed by atoms with van der Waals surface area (Å²) in [5.74, 6) is 0. The number of benzene rings is 1. The maximum atomic E-state index is 10.8. The smallest absolute Gasteiger partial charge is 0.310 e. The molecule has 0 aliphatic rings. The van der Waals surface area contributed by atoms with Gasteiger partial charge in [-0.05, 0) is 0 Å². The number of fused-ring (bicyclic) bond motifs is 1. The van der Waals surface area contributed by atoms with Crippen molar-refractivity contribution in [3.63, 3.8) is 0 Å². The van der Waals surface area contributed by atoms with Gasteiger partial charge in [-0.3, -0.25) is 4.55 Å². The van der Waals surface area contributed by atoms with Crippen LogP contribution in [0.3, 0.4) is 0 Å². The highest BCUT2D eigenvalue weighted by Gasteiger charge is 2.14. The number of aromatic amines is 1. The van der Waals surface area contributed by atoms with E-state index in [1.807, 2.05) is 0 Å². The van der Waals surface area contributed by atoms with Crippen LogP contribution in [0.5, 0.6) is 0 Å². The Hall–Kier alpha value is -1.33. The molecule has 0 bridgehead atoms. The van der Waals surface area contributed by atoms with Crippen molar-refractivity contribution in [3.8, 4) is 0 Å². The number of H-pyrrole nitrogens is 1. The Labute approximate surface area is 75.0 Å². The number of rotatable bonds is 1. The van der Waals surface area contributed by atoms with Crippen molar-refractivity contribution in [3.05, 3.63) is 30.5 Å². The van der Waals surface area contributed by atoms with Gasteiger partial charge in [-0.15, -0.1) is 0 Å². The van der Waals surface area contributed by atoms with Crippen LogP contribution in [0.25, 0.3) is 10.8 Å². The monoisotopic (exact) mass is 197 g/mol. The molecule has 0 fully saturated rings. The van der Waals surface area contributed by atoms with Crippen LogP contribution >= 0.6 is 0 Å². The first-order chi connectivity index (χ1) is 6.09. The summed E-state index contributed by atoms with van der Waals surface area (Å²) in [6, 6.07) is 6.91. The molecule has 0 atom stereocenters. The second-order valence-corrected chi connectivity index (χ2v) is 4.04. The molecule has 68 valence electrons. The highest BCUT2D eigenvalue weighted by atomic mass is 32.2. The van der Waals surface area contributed by atoms with Gasteiger partial charge in [0.1, 0.15) is 0 Å². The quantitative estimate of drug-likeness (QED) is 0.679. The van der Waals surface area contributed by atoms with Gasteiger partial charge in [0, 0.05) is 17.0 Å². The second-order valence-electron chi connectivity index (χ2n) is 2.68. The molecule has 5 heteroatoms. The molecule has 2 rings (SSSR count). The third-order valence-corrected chi connectivity index (χ3v) is 2.68. The molecule has 1 aromatic heterocycles. The van der Waals surface area contributed by atoms with E-state index in [4.69, 9.17) is 4.55 Å². The lowest BCUT2D eigenvalue weighted by molar-refractivity contribution is 0.481. The molecule has 2 aromatic rings. The molecule has 0 spiro atoms. The van der Waals surface area contributed by atoms with Crippen LogP contribution < -0.4 is 0 Å². The minimum absolute atomic E-state index is 0.150. The third-order valence-electron chi connectivity index (χ3n) is 1.82. The van der Waals surface area contributed by atoms with E-state index >= 15 is 0 Å². The van der Waals surface area contributed by atoms with Crippen LogP contribution in [0.15, 0.2) is 35.5 Å². The predicted molar refractivity (Wildman–Crippen MR) is 48.1 cm³/mol. The van der Waals surface area contributed by atoms with Crippen LogP contribution in [0, 0.1) is 0 Å². The molecular weight excluding hydrogens is 190 g/mol. The van der Waals surface area contributed by atoms with Gasteiger partial charge in [0.05, 0.1) is 0 Å². The van der Waals surface area contributed by atoms with Gasteiger partial charge in [0.25, 0.3) is 0 Å². The highest BCUT2D eigenvalue weighted by Crippen LogP contribution is 2.21. The summed E-state index contributed by atoms with van der Waals surface area (Å²) >= 11 is 0. The summed E-state index contributed by atoms with van der Waals surface area (Å²) in [7, 11) is -4.14. The Morgan fingerprint density at radius 1 is 1.23 bits per heavy atom. The van der Waals surface area contributed by atoms with Crippen molar-refractivity contribution in [1.82, 2.24) is 4.98 Å². The van der Waals surface area contributed by atoms with E-state index in [-0.39, 0.29) is 5.03 Å². The zero-order valence-corrected chi connectivity index (χ0v) is 7.38. The van der Waals surface area contributed by atoms with Crippen LogP contribution in [0.2, 0.25) is 0 Å². The first kappa shape index (κ1) is 8.28. The number of hydrogen-bond acceptors (Lipinski definition) is 2. The van der Waals surface area contributed by atoms with Crippen molar-refractivity contribution in [2.75, 3.05) is 0 Å². The van der Waals surface area contributed by atoms with Gasteiger partial charge in [0.15, 0.2) is 5.03 Å². The fourth-order valence-electron chi connectivity index (χ4n) is 1.26. The third kappa shape index (κ3) is 1.32. The molecule has 1 heterocycles. The minimum atomic E-state index is -4.14. The summed E-state index contributed by atoms with van der Waals surface area (Å²) in [5, 5.41) is 1.11. The molecular formula is C8H7NO3S. The zero-order valence-electron chi connectivity index (χ0n) is 6.56. The van der Waals surface area contributed by atoms with Crippen LogP contribution in [-0.4, -0.2) is 18.0 Å². The van der Waals surface area contributed by atoms with Crippen LogP contribution in [0.4, 0.5) is 0 Å². The van der Waals surface area contributed by atoms with E-state index in [1.165, 1.54) is 0 Å². The molecule has 0 amide bonds. The topological polar surface area (TPSA) is 70.2 Å². The van der Waals surface area contributed by atoms with Gasteiger partial charge < -0.3 is 4.98 Å². The lowest BCUT2D eigenvalue weighted by Crippen LogP contribution is -1.98. The minimum Gasteiger partial charge on any atom is -0.349 e. The Balaban J connectivity index is 2.87. The van der Waals surface area contributed by atoms with Crippen molar-refractivity contribution in [2.24, 2.45) is 0 Å². The van der Waals surface area contributed by atoms with E-state index in [1.54, 1.807) is 30.5 Å². The first-order valence-corrected chi connectivity index (χ1v) is 5.06. The molecule has 0 aliphatic heterocycles. The fraction of sp³-hybridized carbons (Fsp3) is 0. The number of aromatic nitrogens is 1. The highest BCUT2D eigenvalue weighted by molar-refractivity contribution is 7.86. The Morgan fingerprint density at radius 3 is 2.62 bits per heavy atom.